The monoisotopic (exact) mass is 365 g/mol. The quantitative estimate of drug-likeness (QED) is 0.631. The third-order valence-electron chi connectivity index (χ3n) is 3.21. The lowest BCUT2D eigenvalue weighted by molar-refractivity contribution is -0.141. The highest BCUT2D eigenvalue weighted by Gasteiger charge is 2.34. The van der Waals surface area contributed by atoms with Gasteiger partial charge in [-0.3, -0.25) is 4.98 Å². The topological polar surface area (TPSA) is 47.9 Å². The van der Waals surface area contributed by atoms with Crippen LogP contribution in [0, 0.1) is 6.92 Å². The van der Waals surface area contributed by atoms with Crippen LogP contribution >= 0.6 is 11.6 Å². The van der Waals surface area contributed by atoms with E-state index in [1.807, 2.05) is 6.92 Å². The van der Waals surface area contributed by atoms with Gasteiger partial charge in [0.25, 0.3) is 0 Å². The lowest BCUT2D eigenvalue weighted by Gasteiger charge is -2.12. The average molecular weight is 366 g/mol. The standard InChI is InChI=1S/C17H11ClF3N3O/c1-10-4-5-13(12(18)7-10)25-15-8-14(17(19,20)21)23-16(24-15)11-3-2-6-22-9-11/h2-9H,1H3. The normalized spacial score (nSPS) is 11.4. The van der Waals surface area contributed by atoms with Crippen molar-refractivity contribution in [3.05, 3.63) is 65.1 Å². The summed E-state index contributed by atoms with van der Waals surface area (Å²) in [5.41, 5.74) is 0.125. The van der Waals surface area contributed by atoms with E-state index in [4.69, 9.17) is 16.3 Å². The summed E-state index contributed by atoms with van der Waals surface area (Å²) in [6, 6.07) is 8.81. The Bertz CT molecular complexity index is 901. The van der Waals surface area contributed by atoms with Crippen LogP contribution in [0.3, 0.4) is 0 Å². The van der Waals surface area contributed by atoms with Gasteiger partial charge in [0.05, 0.1) is 5.02 Å². The number of aryl methyl sites for hydroxylation is 1. The van der Waals surface area contributed by atoms with Gasteiger partial charge in [-0.15, -0.1) is 0 Å². The van der Waals surface area contributed by atoms with E-state index in [0.29, 0.717) is 5.56 Å². The van der Waals surface area contributed by atoms with Gasteiger partial charge in [0.2, 0.25) is 5.88 Å². The Labute approximate surface area is 146 Å². The number of halogens is 4. The van der Waals surface area contributed by atoms with Gasteiger partial charge < -0.3 is 4.74 Å². The molecule has 8 heteroatoms. The number of benzene rings is 1. The fourth-order valence-electron chi connectivity index (χ4n) is 2.05. The predicted octanol–water partition coefficient (Wildman–Crippen LogP) is 5.31. The maximum absolute atomic E-state index is 13.1. The number of ether oxygens (including phenoxy) is 1. The minimum absolute atomic E-state index is 0.138. The lowest BCUT2D eigenvalue weighted by Crippen LogP contribution is -2.10. The zero-order valence-electron chi connectivity index (χ0n) is 12.9. The van der Waals surface area contributed by atoms with Crippen LogP contribution < -0.4 is 4.74 Å². The molecule has 3 aromatic rings. The van der Waals surface area contributed by atoms with Crippen molar-refractivity contribution in [1.29, 1.82) is 0 Å². The van der Waals surface area contributed by atoms with Crippen LogP contribution in [0.25, 0.3) is 11.4 Å². The molecule has 0 atom stereocenters. The molecule has 3 rings (SSSR count). The fraction of sp³-hybridized carbons (Fsp3) is 0.118. The van der Waals surface area contributed by atoms with Crippen LogP contribution in [-0.4, -0.2) is 15.0 Å². The molecule has 0 amide bonds. The molecule has 0 spiro atoms. The molecule has 0 unspecified atom stereocenters. The molecule has 2 aromatic heterocycles. The van der Waals surface area contributed by atoms with E-state index in [0.717, 1.165) is 11.6 Å². The van der Waals surface area contributed by atoms with Crippen molar-refractivity contribution in [2.24, 2.45) is 0 Å². The maximum Gasteiger partial charge on any atom is 0.433 e. The SMILES string of the molecule is Cc1ccc(Oc2cc(C(F)(F)F)nc(-c3cccnc3)n2)c(Cl)c1. The van der Waals surface area contributed by atoms with Crippen molar-refractivity contribution >= 4 is 11.6 Å². The van der Waals surface area contributed by atoms with Crippen molar-refractivity contribution in [2.45, 2.75) is 13.1 Å². The third-order valence-corrected chi connectivity index (χ3v) is 3.51. The second kappa shape index (κ2) is 6.68. The number of aromatic nitrogens is 3. The van der Waals surface area contributed by atoms with Gasteiger partial charge in [0.1, 0.15) is 5.75 Å². The maximum atomic E-state index is 13.1. The lowest BCUT2D eigenvalue weighted by atomic mass is 10.2. The molecule has 2 heterocycles. The Hall–Kier alpha value is -2.67. The number of pyridine rings is 1. The highest BCUT2D eigenvalue weighted by Crippen LogP contribution is 2.34. The molecule has 25 heavy (non-hydrogen) atoms. The zero-order chi connectivity index (χ0) is 18.0. The number of rotatable bonds is 3. The largest absolute Gasteiger partial charge is 0.437 e. The van der Waals surface area contributed by atoms with Gasteiger partial charge >= 0.3 is 6.18 Å². The van der Waals surface area contributed by atoms with Crippen LogP contribution in [0.1, 0.15) is 11.3 Å². The molecule has 0 aliphatic carbocycles. The summed E-state index contributed by atoms with van der Waals surface area (Å²) in [4.78, 5) is 11.5. The van der Waals surface area contributed by atoms with Crippen molar-refractivity contribution in [3.8, 4) is 23.0 Å². The summed E-state index contributed by atoms with van der Waals surface area (Å²) in [6.45, 7) is 1.84. The van der Waals surface area contributed by atoms with E-state index in [1.54, 1.807) is 30.3 Å². The first-order valence-corrected chi connectivity index (χ1v) is 7.51. The summed E-state index contributed by atoms with van der Waals surface area (Å²) in [5.74, 6) is -0.190. The second-order valence-electron chi connectivity index (χ2n) is 5.19. The summed E-state index contributed by atoms with van der Waals surface area (Å²) < 4.78 is 44.9. The van der Waals surface area contributed by atoms with Crippen LogP contribution in [0.15, 0.2) is 48.8 Å². The highest BCUT2D eigenvalue weighted by atomic mass is 35.5. The Morgan fingerprint density at radius 2 is 1.88 bits per heavy atom. The van der Waals surface area contributed by atoms with Gasteiger partial charge in [-0.05, 0) is 36.8 Å². The number of nitrogens with zero attached hydrogens (tertiary/aromatic N) is 3. The molecule has 128 valence electrons. The molecule has 0 aliphatic heterocycles. The van der Waals surface area contributed by atoms with Crippen LogP contribution in [0.5, 0.6) is 11.6 Å². The van der Waals surface area contributed by atoms with Gasteiger partial charge in [-0.2, -0.15) is 18.2 Å². The van der Waals surface area contributed by atoms with Crippen molar-refractivity contribution in [1.82, 2.24) is 15.0 Å². The first-order valence-electron chi connectivity index (χ1n) is 7.13. The van der Waals surface area contributed by atoms with Crippen molar-refractivity contribution < 1.29 is 17.9 Å². The summed E-state index contributed by atoms with van der Waals surface area (Å²) in [6.07, 6.45) is -1.77. The zero-order valence-corrected chi connectivity index (χ0v) is 13.6. The molecule has 0 radical (unpaired) electrons. The molecule has 0 saturated heterocycles. The summed E-state index contributed by atoms with van der Waals surface area (Å²) in [5, 5.41) is 0.273. The van der Waals surface area contributed by atoms with Crippen LogP contribution in [-0.2, 0) is 6.18 Å². The van der Waals surface area contributed by atoms with Gasteiger partial charge in [-0.1, -0.05) is 17.7 Å². The minimum atomic E-state index is -4.64. The molecular formula is C17H11ClF3N3O. The fourth-order valence-corrected chi connectivity index (χ4v) is 2.32. The first-order chi connectivity index (χ1) is 11.8. The van der Waals surface area contributed by atoms with Gasteiger partial charge in [-0.25, -0.2) is 4.98 Å². The van der Waals surface area contributed by atoms with E-state index in [1.165, 1.54) is 12.4 Å². The Balaban J connectivity index is 2.06. The Kier molecular flexibility index (Phi) is 4.59. The average Bonchev–Trinajstić information content (AvgIpc) is 2.57. The first kappa shape index (κ1) is 17.2. The highest BCUT2D eigenvalue weighted by molar-refractivity contribution is 6.32. The molecule has 4 nitrogen and oxygen atoms in total. The van der Waals surface area contributed by atoms with E-state index < -0.39 is 11.9 Å². The molecule has 0 N–H and O–H groups in total. The van der Waals surface area contributed by atoms with Crippen molar-refractivity contribution in [2.75, 3.05) is 0 Å². The van der Waals surface area contributed by atoms with E-state index >= 15 is 0 Å². The van der Waals surface area contributed by atoms with Crippen LogP contribution in [0.4, 0.5) is 13.2 Å². The summed E-state index contributed by atoms with van der Waals surface area (Å²) in [7, 11) is 0. The third kappa shape index (κ3) is 4.06. The Morgan fingerprint density at radius 3 is 2.52 bits per heavy atom. The van der Waals surface area contributed by atoms with Gasteiger partial charge in [0.15, 0.2) is 11.5 Å². The number of hydrogen-bond donors (Lipinski definition) is 0. The minimum Gasteiger partial charge on any atom is -0.437 e. The summed E-state index contributed by atoms with van der Waals surface area (Å²) >= 11 is 6.07. The molecule has 0 fully saturated rings. The van der Waals surface area contributed by atoms with E-state index in [9.17, 15) is 13.2 Å². The predicted molar refractivity (Wildman–Crippen MR) is 86.5 cm³/mol. The van der Waals surface area contributed by atoms with E-state index in [-0.39, 0.29) is 22.5 Å². The smallest absolute Gasteiger partial charge is 0.433 e. The van der Waals surface area contributed by atoms with Crippen LogP contribution in [0.2, 0.25) is 5.02 Å². The molecule has 0 bridgehead atoms. The molecular weight excluding hydrogens is 355 g/mol. The van der Waals surface area contributed by atoms with Gasteiger partial charge in [0, 0.05) is 24.0 Å². The second-order valence-corrected chi connectivity index (χ2v) is 5.60. The Morgan fingerprint density at radius 1 is 1.08 bits per heavy atom. The number of hydrogen-bond acceptors (Lipinski definition) is 4. The molecule has 0 saturated carbocycles. The van der Waals surface area contributed by atoms with E-state index in [2.05, 4.69) is 15.0 Å². The molecule has 0 aliphatic rings. The number of alkyl halides is 3. The molecule has 1 aromatic carbocycles. The van der Waals surface area contributed by atoms with Crippen molar-refractivity contribution in [3.63, 3.8) is 0 Å².